The zero-order valence-corrected chi connectivity index (χ0v) is 11.1. The molecule has 4 heteroatoms. The molecule has 0 aromatic heterocycles. The Hall–Kier alpha value is -1.13. The molecule has 0 aromatic carbocycles. The van der Waals surface area contributed by atoms with Gasteiger partial charge in [0.1, 0.15) is 6.61 Å². The lowest BCUT2D eigenvalue weighted by Crippen LogP contribution is -2.33. The SMILES string of the molecule is CC(C)=CCC(=O)OCC1=CCN2CC[C@@H](O)C12. The number of rotatable bonds is 4. The molecular formula is C14H21NO3. The van der Waals surface area contributed by atoms with Crippen LogP contribution in [0.15, 0.2) is 23.3 Å². The second-order valence-electron chi connectivity index (χ2n) is 5.22. The minimum absolute atomic E-state index is 0.0706. The number of nitrogens with zero attached hydrogens (tertiary/aromatic N) is 1. The van der Waals surface area contributed by atoms with E-state index in [4.69, 9.17) is 4.74 Å². The minimum Gasteiger partial charge on any atom is -0.461 e. The molecule has 0 aromatic rings. The third-order valence-corrected chi connectivity index (χ3v) is 3.51. The van der Waals surface area contributed by atoms with Crippen LogP contribution in [0.1, 0.15) is 26.7 Å². The van der Waals surface area contributed by atoms with Crippen LogP contribution in [0, 0.1) is 0 Å². The molecule has 0 saturated carbocycles. The number of allylic oxidation sites excluding steroid dienone is 1. The lowest BCUT2D eigenvalue weighted by atomic mass is 10.1. The van der Waals surface area contributed by atoms with Crippen molar-refractivity contribution < 1.29 is 14.6 Å². The maximum Gasteiger partial charge on any atom is 0.309 e. The Balaban J connectivity index is 1.80. The summed E-state index contributed by atoms with van der Waals surface area (Å²) in [5.74, 6) is -0.206. The Kier molecular flexibility index (Phi) is 4.19. The Morgan fingerprint density at radius 2 is 2.39 bits per heavy atom. The molecule has 0 spiro atoms. The summed E-state index contributed by atoms with van der Waals surface area (Å²) in [6.45, 7) is 6.02. The van der Waals surface area contributed by atoms with E-state index < -0.39 is 0 Å². The Morgan fingerprint density at radius 3 is 3.11 bits per heavy atom. The average Bonchev–Trinajstić information content (AvgIpc) is 2.88. The molecule has 2 atom stereocenters. The van der Waals surface area contributed by atoms with Gasteiger partial charge in [-0.05, 0) is 25.8 Å². The molecule has 1 saturated heterocycles. The highest BCUT2D eigenvalue weighted by Gasteiger charge is 2.38. The van der Waals surface area contributed by atoms with E-state index >= 15 is 0 Å². The van der Waals surface area contributed by atoms with Crippen LogP contribution in [0.3, 0.4) is 0 Å². The van der Waals surface area contributed by atoms with E-state index in [0.29, 0.717) is 13.0 Å². The summed E-state index contributed by atoms with van der Waals surface area (Å²) in [6.07, 6.45) is 4.76. The summed E-state index contributed by atoms with van der Waals surface area (Å²) >= 11 is 0. The largest absolute Gasteiger partial charge is 0.461 e. The second kappa shape index (κ2) is 5.67. The quantitative estimate of drug-likeness (QED) is 0.603. The van der Waals surface area contributed by atoms with Gasteiger partial charge in [0, 0.05) is 13.1 Å². The molecule has 1 fully saturated rings. The summed E-state index contributed by atoms with van der Waals surface area (Å²) < 4.78 is 5.24. The van der Waals surface area contributed by atoms with Crippen molar-refractivity contribution in [3.8, 4) is 0 Å². The normalized spacial score (nSPS) is 26.7. The van der Waals surface area contributed by atoms with Crippen molar-refractivity contribution in [2.24, 2.45) is 0 Å². The maximum atomic E-state index is 11.5. The van der Waals surface area contributed by atoms with Gasteiger partial charge in [0.05, 0.1) is 18.6 Å². The fourth-order valence-electron chi connectivity index (χ4n) is 2.53. The Morgan fingerprint density at radius 1 is 1.61 bits per heavy atom. The zero-order valence-electron chi connectivity index (χ0n) is 11.1. The van der Waals surface area contributed by atoms with Crippen molar-refractivity contribution in [1.82, 2.24) is 4.90 Å². The van der Waals surface area contributed by atoms with Gasteiger partial charge in [-0.2, -0.15) is 0 Å². The summed E-state index contributed by atoms with van der Waals surface area (Å²) in [4.78, 5) is 13.7. The fraction of sp³-hybridized carbons (Fsp3) is 0.643. The van der Waals surface area contributed by atoms with E-state index in [1.807, 2.05) is 19.9 Å². The molecule has 2 rings (SSSR count). The minimum atomic E-state index is -0.310. The van der Waals surface area contributed by atoms with Gasteiger partial charge in [0.15, 0.2) is 0 Å². The van der Waals surface area contributed by atoms with Crippen LogP contribution in [-0.2, 0) is 9.53 Å². The van der Waals surface area contributed by atoms with Crippen LogP contribution >= 0.6 is 0 Å². The molecule has 2 aliphatic heterocycles. The number of hydrogen-bond acceptors (Lipinski definition) is 4. The molecule has 0 amide bonds. The number of carbonyl (C=O) groups is 1. The fourth-order valence-corrected chi connectivity index (χ4v) is 2.53. The van der Waals surface area contributed by atoms with Gasteiger partial charge in [-0.15, -0.1) is 0 Å². The average molecular weight is 251 g/mol. The molecule has 0 aliphatic carbocycles. The molecular weight excluding hydrogens is 230 g/mol. The Labute approximate surface area is 108 Å². The molecule has 2 heterocycles. The van der Waals surface area contributed by atoms with Crippen LogP contribution in [0.5, 0.6) is 0 Å². The van der Waals surface area contributed by atoms with Crippen molar-refractivity contribution in [2.75, 3.05) is 19.7 Å². The standard InChI is InChI=1S/C14H21NO3/c1-10(2)3-4-13(17)18-9-11-5-7-15-8-6-12(16)14(11)15/h3,5,12,14,16H,4,6-9H2,1-2H3/t12-,14?/m1/s1. The summed E-state index contributed by atoms with van der Waals surface area (Å²) in [5, 5.41) is 9.88. The number of aliphatic hydroxyl groups is 1. The van der Waals surface area contributed by atoms with E-state index in [9.17, 15) is 9.90 Å². The predicted octanol–water partition coefficient (Wildman–Crippen LogP) is 1.26. The first-order valence-corrected chi connectivity index (χ1v) is 6.48. The van der Waals surface area contributed by atoms with Crippen LogP contribution in [0.4, 0.5) is 0 Å². The van der Waals surface area contributed by atoms with Gasteiger partial charge in [-0.1, -0.05) is 17.7 Å². The molecule has 100 valence electrons. The summed E-state index contributed by atoms with van der Waals surface area (Å²) in [5.41, 5.74) is 2.16. The van der Waals surface area contributed by atoms with Crippen LogP contribution in [0.2, 0.25) is 0 Å². The number of esters is 1. The van der Waals surface area contributed by atoms with Crippen molar-refractivity contribution >= 4 is 5.97 Å². The predicted molar refractivity (Wildman–Crippen MR) is 69.1 cm³/mol. The molecule has 1 N–H and O–H groups in total. The van der Waals surface area contributed by atoms with E-state index in [-0.39, 0.29) is 18.1 Å². The highest BCUT2D eigenvalue weighted by molar-refractivity contribution is 5.71. The monoisotopic (exact) mass is 251 g/mol. The van der Waals surface area contributed by atoms with Crippen molar-refractivity contribution in [2.45, 2.75) is 38.8 Å². The second-order valence-corrected chi connectivity index (χ2v) is 5.22. The van der Waals surface area contributed by atoms with E-state index in [1.165, 1.54) is 0 Å². The molecule has 0 bridgehead atoms. The highest BCUT2D eigenvalue weighted by atomic mass is 16.5. The lowest BCUT2D eigenvalue weighted by molar-refractivity contribution is -0.141. The third-order valence-electron chi connectivity index (χ3n) is 3.51. The number of carbonyl (C=O) groups excluding carboxylic acids is 1. The van der Waals surface area contributed by atoms with E-state index in [1.54, 1.807) is 0 Å². The van der Waals surface area contributed by atoms with Gasteiger partial charge in [-0.25, -0.2) is 0 Å². The molecule has 2 aliphatic rings. The third kappa shape index (κ3) is 3.00. The van der Waals surface area contributed by atoms with Crippen molar-refractivity contribution in [3.63, 3.8) is 0 Å². The maximum absolute atomic E-state index is 11.5. The highest BCUT2D eigenvalue weighted by Crippen LogP contribution is 2.29. The van der Waals surface area contributed by atoms with Crippen molar-refractivity contribution in [1.29, 1.82) is 0 Å². The number of ether oxygens (including phenoxy) is 1. The first kappa shape index (κ1) is 13.3. The first-order chi connectivity index (χ1) is 8.58. The van der Waals surface area contributed by atoms with Crippen LogP contribution in [0.25, 0.3) is 0 Å². The lowest BCUT2D eigenvalue weighted by Gasteiger charge is -2.20. The number of aliphatic hydroxyl groups excluding tert-OH is 1. The van der Waals surface area contributed by atoms with Gasteiger partial charge in [0.25, 0.3) is 0 Å². The molecule has 18 heavy (non-hydrogen) atoms. The van der Waals surface area contributed by atoms with Gasteiger partial charge in [-0.3, -0.25) is 9.69 Å². The number of hydrogen-bond donors (Lipinski definition) is 1. The number of fused-ring (bicyclic) bond motifs is 1. The first-order valence-electron chi connectivity index (χ1n) is 6.48. The molecule has 1 unspecified atom stereocenters. The molecule has 0 radical (unpaired) electrons. The zero-order chi connectivity index (χ0) is 13.1. The van der Waals surface area contributed by atoms with Crippen LogP contribution < -0.4 is 0 Å². The van der Waals surface area contributed by atoms with E-state index in [2.05, 4.69) is 11.0 Å². The van der Waals surface area contributed by atoms with Crippen molar-refractivity contribution in [3.05, 3.63) is 23.3 Å². The summed E-state index contributed by atoms with van der Waals surface area (Å²) in [7, 11) is 0. The van der Waals surface area contributed by atoms with Gasteiger partial charge < -0.3 is 9.84 Å². The Bertz CT molecular complexity index is 383. The van der Waals surface area contributed by atoms with E-state index in [0.717, 1.165) is 30.7 Å². The summed E-state index contributed by atoms with van der Waals surface area (Å²) in [6, 6.07) is 0.0706. The van der Waals surface area contributed by atoms with Gasteiger partial charge >= 0.3 is 5.97 Å². The van der Waals surface area contributed by atoms with Gasteiger partial charge in [0.2, 0.25) is 0 Å². The smallest absolute Gasteiger partial charge is 0.309 e. The van der Waals surface area contributed by atoms with Crippen LogP contribution in [-0.4, -0.2) is 47.8 Å². The molecule has 4 nitrogen and oxygen atoms in total. The topological polar surface area (TPSA) is 49.8 Å².